The minimum Gasteiger partial charge on any atom is -0.508 e. The maximum atomic E-state index is 10.0. The Kier molecular flexibility index (Phi) is 3.96. The van der Waals surface area contributed by atoms with Crippen LogP contribution in [0.4, 0.5) is 0 Å². The first-order valence-electron chi connectivity index (χ1n) is 8.57. The van der Waals surface area contributed by atoms with Gasteiger partial charge in [0.1, 0.15) is 23.0 Å². The van der Waals surface area contributed by atoms with Crippen molar-refractivity contribution < 1.29 is 20.1 Å². The third kappa shape index (κ3) is 2.73. The van der Waals surface area contributed by atoms with E-state index in [4.69, 9.17) is 4.74 Å². The maximum Gasteiger partial charge on any atom is 0.129 e. The molecule has 1 aliphatic heterocycles. The third-order valence-corrected chi connectivity index (χ3v) is 5.13. The number of hydrogen-bond acceptors (Lipinski definition) is 4. The van der Waals surface area contributed by atoms with Gasteiger partial charge in [0.05, 0.1) is 6.61 Å². The van der Waals surface area contributed by atoms with Crippen LogP contribution in [0.15, 0.2) is 60.7 Å². The molecule has 1 heterocycles. The Bertz CT molecular complexity index is 930. The summed E-state index contributed by atoms with van der Waals surface area (Å²) in [5, 5.41) is 29.3. The zero-order chi connectivity index (χ0) is 18.3. The van der Waals surface area contributed by atoms with E-state index in [9.17, 15) is 15.3 Å². The highest BCUT2D eigenvalue weighted by Crippen LogP contribution is 2.48. The van der Waals surface area contributed by atoms with Gasteiger partial charge in [-0.3, -0.25) is 0 Å². The molecule has 0 saturated heterocycles. The zero-order valence-electron chi connectivity index (χ0n) is 14.4. The fourth-order valence-corrected chi connectivity index (χ4v) is 3.73. The van der Waals surface area contributed by atoms with Gasteiger partial charge in [-0.05, 0) is 48.4 Å². The molecule has 0 bridgehead atoms. The molecule has 4 nitrogen and oxygen atoms in total. The molecule has 0 aromatic heterocycles. The second kappa shape index (κ2) is 6.30. The SMILES string of the molecule is Cc1c(O)ccc2c1OCC(c1ccc(O)cc1)[C@H]2c1ccc(O)cc1. The Morgan fingerprint density at radius 1 is 0.769 bits per heavy atom. The van der Waals surface area contributed by atoms with Gasteiger partial charge < -0.3 is 20.1 Å². The monoisotopic (exact) mass is 348 g/mol. The summed E-state index contributed by atoms with van der Waals surface area (Å²) in [5.41, 5.74) is 3.87. The number of phenols is 3. The molecule has 4 heteroatoms. The van der Waals surface area contributed by atoms with Crippen LogP contribution in [-0.2, 0) is 0 Å². The minimum absolute atomic E-state index is 0.0168. The number of rotatable bonds is 2. The van der Waals surface area contributed by atoms with Gasteiger partial charge in [0.15, 0.2) is 0 Å². The van der Waals surface area contributed by atoms with E-state index in [1.807, 2.05) is 37.3 Å². The molecule has 0 amide bonds. The van der Waals surface area contributed by atoms with Gasteiger partial charge in [0, 0.05) is 23.0 Å². The average molecular weight is 348 g/mol. The Hall–Kier alpha value is -3.14. The average Bonchev–Trinajstić information content (AvgIpc) is 2.65. The van der Waals surface area contributed by atoms with E-state index in [1.165, 1.54) is 0 Å². The molecular weight excluding hydrogens is 328 g/mol. The molecule has 0 radical (unpaired) electrons. The minimum atomic E-state index is 0.0168. The number of hydrogen-bond donors (Lipinski definition) is 3. The van der Waals surface area contributed by atoms with Crippen molar-refractivity contribution in [3.05, 3.63) is 82.9 Å². The maximum absolute atomic E-state index is 10.0. The van der Waals surface area contributed by atoms with E-state index in [-0.39, 0.29) is 29.1 Å². The molecule has 2 atom stereocenters. The van der Waals surface area contributed by atoms with E-state index in [2.05, 4.69) is 0 Å². The van der Waals surface area contributed by atoms with Crippen LogP contribution in [0.2, 0.25) is 0 Å². The molecule has 1 aliphatic rings. The lowest BCUT2D eigenvalue weighted by atomic mass is 9.75. The van der Waals surface area contributed by atoms with Crippen LogP contribution < -0.4 is 4.74 Å². The standard InChI is InChI=1S/C22H20O4/c1-13-20(25)11-10-18-21(15-4-8-17(24)9-5-15)19(12-26-22(13)18)14-2-6-16(23)7-3-14/h2-11,19,21,23-25H,12H2,1H3/t19?,21-/m0/s1. The molecule has 3 aromatic rings. The highest BCUT2D eigenvalue weighted by atomic mass is 16.5. The Morgan fingerprint density at radius 3 is 1.96 bits per heavy atom. The summed E-state index contributed by atoms with van der Waals surface area (Å²) in [5.74, 6) is 1.46. The fraction of sp³-hybridized carbons (Fsp3) is 0.182. The lowest BCUT2D eigenvalue weighted by Crippen LogP contribution is -2.25. The summed E-state index contributed by atoms with van der Waals surface area (Å²) in [6.07, 6.45) is 0. The Morgan fingerprint density at radius 2 is 1.35 bits per heavy atom. The van der Waals surface area contributed by atoms with E-state index < -0.39 is 0 Å². The first-order valence-corrected chi connectivity index (χ1v) is 8.57. The van der Waals surface area contributed by atoms with Gasteiger partial charge >= 0.3 is 0 Å². The lowest BCUT2D eigenvalue weighted by Gasteiger charge is -2.35. The van der Waals surface area contributed by atoms with Crippen molar-refractivity contribution in [2.75, 3.05) is 6.61 Å². The molecule has 1 unspecified atom stereocenters. The first-order chi connectivity index (χ1) is 12.5. The van der Waals surface area contributed by atoms with E-state index in [0.29, 0.717) is 6.61 Å². The predicted molar refractivity (Wildman–Crippen MR) is 99.1 cm³/mol. The zero-order valence-corrected chi connectivity index (χ0v) is 14.4. The van der Waals surface area contributed by atoms with Crippen molar-refractivity contribution in [2.45, 2.75) is 18.8 Å². The number of benzene rings is 3. The largest absolute Gasteiger partial charge is 0.508 e. The molecule has 132 valence electrons. The molecule has 0 spiro atoms. The van der Waals surface area contributed by atoms with E-state index in [1.54, 1.807) is 30.3 Å². The summed E-state index contributed by atoms with van der Waals surface area (Å²) in [6.45, 7) is 2.32. The van der Waals surface area contributed by atoms with Gasteiger partial charge in [0.2, 0.25) is 0 Å². The van der Waals surface area contributed by atoms with E-state index >= 15 is 0 Å². The predicted octanol–water partition coefficient (Wildman–Crippen LogP) is 4.42. The van der Waals surface area contributed by atoms with Gasteiger partial charge in [-0.15, -0.1) is 0 Å². The smallest absolute Gasteiger partial charge is 0.129 e. The number of ether oxygens (including phenoxy) is 1. The van der Waals surface area contributed by atoms with Gasteiger partial charge in [-0.1, -0.05) is 30.3 Å². The van der Waals surface area contributed by atoms with Crippen LogP contribution in [0.5, 0.6) is 23.0 Å². The number of aromatic hydroxyl groups is 3. The second-order valence-corrected chi connectivity index (χ2v) is 6.71. The van der Waals surface area contributed by atoms with Crippen molar-refractivity contribution in [3.8, 4) is 23.0 Å². The second-order valence-electron chi connectivity index (χ2n) is 6.71. The lowest BCUT2D eigenvalue weighted by molar-refractivity contribution is 0.245. The summed E-state index contributed by atoms with van der Waals surface area (Å²) in [4.78, 5) is 0. The number of fused-ring (bicyclic) bond motifs is 1. The van der Waals surface area contributed by atoms with Crippen molar-refractivity contribution in [1.29, 1.82) is 0 Å². The molecule has 3 N–H and O–H groups in total. The van der Waals surface area contributed by atoms with Gasteiger partial charge in [-0.2, -0.15) is 0 Å². The van der Waals surface area contributed by atoms with Crippen molar-refractivity contribution in [2.24, 2.45) is 0 Å². The summed E-state index contributed by atoms with van der Waals surface area (Å²) >= 11 is 0. The highest BCUT2D eigenvalue weighted by molar-refractivity contribution is 5.55. The number of phenolic OH excluding ortho intramolecular Hbond substituents is 3. The molecular formula is C22H20O4. The summed E-state index contributed by atoms with van der Waals surface area (Å²) in [7, 11) is 0. The van der Waals surface area contributed by atoms with Crippen LogP contribution in [0.25, 0.3) is 0 Å². The van der Waals surface area contributed by atoms with Crippen molar-refractivity contribution in [1.82, 2.24) is 0 Å². The first kappa shape index (κ1) is 16.3. The van der Waals surface area contributed by atoms with Crippen LogP contribution in [0.1, 0.15) is 34.1 Å². The van der Waals surface area contributed by atoms with Crippen LogP contribution in [0.3, 0.4) is 0 Å². The Balaban J connectivity index is 1.87. The van der Waals surface area contributed by atoms with Gasteiger partial charge in [0.25, 0.3) is 0 Å². The van der Waals surface area contributed by atoms with Crippen LogP contribution in [-0.4, -0.2) is 21.9 Å². The summed E-state index contributed by atoms with van der Waals surface area (Å²) < 4.78 is 6.04. The normalized spacial score (nSPS) is 18.8. The van der Waals surface area contributed by atoms with Crippen molar-refractivity contribution >= 4 is 0 Å². The quantitative estimate of drug-likeness (QED) is 0.641. The summed E-state index contributed by atoms with van der Waals surface area (Å²) in [6, 6.07) is 18.0. The van der Waals surface area contributed by atoms with Gasteiger partial charge in [-0.25, -0.2) is 0 Å². The van der Waals surface area contributed by atoms with Crippen molar-refractivity contribution in [3.63, 3.8) is 0 Å². The fourth-order valence-electron chi connectivity index (χ4n) is 3.73. The Labute approximate surface area is 151 Å². The molecule has 3 aromatic carbocycles. The third-order valence-electron chi connectivity index (χ3n) is 5.13. The molecule has 0 saturated carbocycles. The topological polar surface area (TPSA) is 69.9 Å². The van der Waals surface area contributed by atoms with E-state index in [0.717, 1.165) is 28.0 Å². The van der Waals surface area contributed by atoms with Crippen LogP contribution in [0, 0.1) is 6.92 Å². The molecule has 26 heavy (non-hydrogen) atoms. The molecule has 0 fully saturated rings. The molecule has 4 rings (SSSR count). The molecule has 0 aliphatic carbocycles. The van der Waals surface area contributed by atoms with Crippen LogP contribution >= 0.6 is 0 Å². The highest BCUT2D eigenvalue weighted by Gasteiger charge is 2.34.